The lowest BCUT2D eigenvalue weighted by Gasteiger charge is -2.17. The zero-order valence-electron chi connectivity index (χ0n) is 18.0. The topological polar surface area (TPSA) is 82.8 Å². The van der Waals surface area contributed by atoms with Crippen molar-refractivity contribution in [3.8, 4) is 5.75 Å². The van der Waals surface area contributed by atoms with Crippen LogP contribution in [0.15, 0.2) is 69.9 Å². The van der Waals surface area contributed by atoms with Gasteiger partial charge in [0.25, 0.3) is 0 Å². The molecule has 0 aliphatic rings. The number of esters is 1. The summed E-state index contributed by atoms with van der Waals surface area (Å²) < 4.78 is 15.7. The summed E-state index contributed by atoms with van der Waals surface area (Å²) in [6.45, 7) is 1.77. The number of hydrogen-bond acceptors (Lipinski definition) is 6. The number of benzene rings is 3. The molecular formula is C26H22O6. The van der Waals surface area contributed by atoms with Gasteiger partial charge in [-0.25, -0.2) is 4.79 Å². The van der Waals surface area contributed by atoms with Crippen LogP contribution in [-0.4, -0.2) is 26.0 Å². The first-order valence-corrected chi connectivity index (χ1v) is 10.1. The van der Waals surface area contributed by atoms with Gasteiger partial charge in [-0.2, -0.15) is 0 Å². The molecule has 0 aliphatic heterocycles. The van der Waals surface area contributed by atoms with Crippen LogP contribution in [0.2, 0.25) is 0 Å². The average Bonchev–Trinajstić information content (AvgIpc) is 2.81. The maximum atomic E-state index is 13.2. The fourth-order valence-electron chi connectivity index (χ4n) is 4.01. The Kier molecular flexibility index (Phi) is 5.77. The number of methoxy groups -OCH3 is 2. The van der Waals surface area contributed by atoms with Gasteiger partial charge in [-0.1, -0.05) is 36.4 Å². The van der Waals surface area contributed by atoms with Crippen molar-refractivity contribution in [2.24, 2.45) is 0 Å². The number of carbonyl (C=O) groups excluding carboxylic acids is 2. The monoisotopic (exact) mass is 430 g/mol. The number of carbonyl (C=O) groups is 2. The van der Waals surface area contributed by atoms with Crippen LogP contribution >= 0.6 is 0 Å². The predicted octanol–water partition coefficient (Wildman–Crippen LogP) is 4.79. The van der Waals surface area contributed by atoms with Crippen LogP contribution in [0.25, 0.3) is 21.7 Å². The summed E-state index contributed by atoms with van der Waals surface area (Å²) in [5.74, 6) is -1.23. The lowest BCUT2D eigenvalue weighted by atomic mass is 9.89. The summed E-state index contributed by atoms with van der Waals surface area (Å²) in [5.41, 5.74) is 1.22. The molecule has 0 fully saturated rings. The van der Waals surface area contributed by atoms with Crippen molar-refractivity contribution in [3.63, 3.8) is 0 Å². The molecule has 4 rings (SSSR count). The van der Waals surface area contributed by atoms with Crippen LogP contribution in [0, 0.1) is 6.92 Å². The van der Waals surface area contributed by atoms with Crippen molar-refractivity contribution in [1.29, 1.82) is 0 Å². The van der Waals surface area contributed by atoms with E-state index in [1.54, 1.807) is 31.2 Å². The summed E-state index contributed by atoms with van der Waals surface area (Å²) in [5, 5.41) is 2.51. The van der Waals surface area contributed by atoms with Crippen LogP contribution in [0.3, 0.4) is 0 Å². The quantitative estimate of drug-likeness (QED) is 0.248. The summed E-state index contributed by atoms with van der Waals surface area (Å²) in [6, 6.07) is 17.9. The minimum absolute atomic E-state index is 0.144. The van der Waals surface area contributed by atoms with Gasteiger partial charge in [0.15, 0.2) is 5.78 Å². The molecule has 4 aromatic rings. The molecule has 1 aromatic heterocycles. The van der Waals surface area contributed by atoms with Crippen molar-refractivity contribution in [3.05, 3.63) is 87.8 Å². The molecule has 0 N–H and O–H groups in total. The molecule has 1 heterocycles. The van der Waals surface area contributed by atoms with Gasteiger partial charge in [-0.05, 0) is 41.5 Å². The van der Waals surface area contributed by atoms with E-state index in [4.69, 9.17) is 13.9 Å². The van der Waals surface area contributed by atoms with Crippen LogP contribution in [-0.2, 0) is 9.53 Å². The van der Waals surface area contributed by atoms with Crippen molar-refractivity contribution >= 4 is 33.5 Å². The van der Waals surface area contributed by atoms with Crippen molar-refractivity contribution < 1.29 is 23.5 Å². The molecule has 0 radical (unpaired) electrons. The van der Waals surface area contributed by atoms with Gasteiger partial charge in [0, 0.05) is 29.0 Å². The second kappa shape index (κ2) is 8.67. The van der Waals surface area contributed by atoms with E-state index in [2.05, 4.69) is 0 Å². The smallest absolute Gasteiger partial charge is 0.336 e. The van der Waals surface area contributed by atoms with Crippen LogP contribution < -0.4 is 10.4 Å². The third-order valence-electron chi connectivity index (χ3n) is 5.69. The summed E-state index contributed by atoms with van der Waals surface area (Å²) in [7, 11) is 2.79. The highest BCUT2D eigenvalue weighted by molar-refractivity contribution is 6.03. The Balaban J connectivity index is 1.79. The summed E-state index contributed by atoms with van der Waals surface area (Å²) in [6.07, 6.45) is -0.144. The van der Waals surface area contributed by atoms with E-state index in [0.717, 1.165) is 10.8 Å². The van der Waals surface area contributed by atoms with Gasteiger partial charge in [-0.15, -0.1) is 0 Å². The van der Waals surface area contributed by atoms with Gasteiger partial charge in [0.05, 0.1) is 20.1 Å². The van der Waals surface area contributed by atoms with Crippen LogP contribution in [0.5, 0.6) is 5.75 Å². The Morgan fingerprint density at radius 3 is 2.44 bits per heavy atom. The maximum Gasteiger partial charge on any atom is 0.336 e. The lowest BCUT2D eigenvalue weighted by Crippen LogP contribution is -2.20. The van der Waals surface area contributed by atoms with E-state index in [1.807, 2.05) is 30.3 Å². The molecule has 0 saturated heterocycles. The molecule has 0 amide bonds. The fraction of sp³-hybridized carbons (Fsp3) is 0.192. The van der Waals surface area contributed by atoms with Gasteiger partial charge in [-0.3, -0.25) is 9.59 Å². The summed E-state index contributed by atoms with van der Waals surface area (Å²) >= 11 is 0. The highest BCUT2D eigenvalue weighted by Gasteiger charge is 2.28. The molecule has 0 saturated carbocycles. The minimum Gasteiger partial charge on any atom is -0.496 e. The Bertz CT molecular complexity index is 1400. The number of fused-ring (bicyclic) bond motifs is 2. The van der Waals surface area contributed by atoms with Crippen molar-refractivity contribution in [2.75, 3.05) is 14.2 Å². The number of ketones is 1. The van der Waals surface area contributed by atoms with E-state index in [0.29, 0.717) is 33.4 Å². The third-order valence-corrected chi connectivity index (χ3v) is 5.69. The third kappa shape index (κ3) is 3.87. The molecule has 1 atom stereocenters. The number of hydrogen-bond donors (Lipinski definition) is 0. The zero-order valence-corrected chi connectivity index (χ0v) is 18.0. The first kappa shape index (κ1) is 21.3. The molecule has 1 unspecified atom stereocenters. The predicted molar refractivity (Wildman–Crippen MR) is 121 cm³/mol. The standard InChI is InChI=1S/C26H22O6/c1-15-23(30-2)11-10-19-20(14-24(28)32-25(15)19)21(26(29)31-3)13-22(27)18-9-8-16-6-4-5-7-17(16)12-18/h4-12,14,21H,13H2,1-3H3. The molecule has 6 heteroatoms. The Labute approximate surface area is 184 Å². The van der Waals surface area contributed by atoms with Gasteiger partial charge >= 0.3 is 11.6 Å². The molecule has 3 aromatic carbocycles. The highest BCUT2D eigenvalue weighted by Crippen LogP contribution is 2.33. The molecule has 6 nitrogen and oxygen atoms in total. The number of ether oxygens (including phenoxy) is 2. The fourth-order valence-corrected chi connectivity index (χ4v) is 4.01. The second-order valence-corrected chi connectivity index (χ2v) is 7.56. The number of Topliss-reactive ketones (excluding diaryl/α,β-unsaturated/α-hetero) is 1. The van der Waals surface area contributed by atoms with Crippen molar-refractivity contribution in [1.82, 2.24) is 0 Å². The summed E-state index contributed by atoms with van der Waals surface area (Å²) in [4.78, 5) is 38.2. The van der Waals surface area contributed by atoms with Crippen LogP contribution in [0.1, 0.15) is 33.8 Å². The first-order valence-electron chi connectivity index (χ1n) is 10.1. The normalized spacial score (nSPS) is 12.0. The maximum absolute atomic E-state index is 13.2. The van der Waals surface area contributed by atoms with E-state index in [1.165, 1.54) is 20.3 Å². The highest BCUT2D eigenvalue weighted by atomic mass is 16.5. The second-order valence-electron chi connectivity index (χ2n) is 7.56. The SMILES string of the molecule is COC(=O)C(CC(=O)c1ccc2ccccc2c1)c1cc(=O)oc2c(C)c(OC)ccc12. The number of rotatable bonds is 6. The molecule has 0 bridgehead atoms. The average molecular weight is 430 g/mol. The lowest BCUT2D eigenvalue weighted by molar-refractivity contribution is -0.142. The first-order chi connectivity index (χ1) is 15.4. The molecular weight excluding hydrogens is 408 g/mol. The molecule has 32 heavy (non-hydrogen) atoms. The van der Waals surface area contributed by atoms with E-state index >= 15 is 0 Å². The largest absolute Gasteiger partial charge is 0.496 e. The Morgan fingerprint density at radius 2 is 1.72 bits per heavy atom. The van der Waals surface area contributed by atoms with Crippen LogP contribution in [0.4, 0.5) is 0 Å². The Hall–Kier alpha value is -3.93. The van der Waals surface area contributed by atoms with Crippen molar-refractivity contribution in [2.45, 2.75) is 19.3 Å². The molecule has 0 spiro atoms. The van der Waals surface area contributed by atoms with E-state index in [-0.39, 0.29) is 12.2 Å². The van der Waals surface area contributed by atoms with Gasteiger partial charge < -0.3 is 13.9 Å². The number of aryl methyl sites for hydroxylation is 1. The molecule has 162 valence electrons. The van der Waals surface area contributed by atoms with E-state index < -0.39 is 17.5 Å². The molecule has 0 aliphatic carbocycles. The van der Waals surface area contributed by atoms with E-state index in [9.17, 15) is 14.4 Å². The zero-order chi connectivity index (χ0) is 22.8. The minimum atomic E-state index is -0.960. The Morgan fingerprint density at radius 1 is 0.969 bits per heavy atom. The van der Waals surface area contributed by atoms with Gasteiger partial charge in [0.1, 0.15) is 11.3 Å². The van der Waals surface area contributed by atoms with Gasteiger partial charge in [0.2, 0.25) is 0 Å².